The van der Waals surface area contributed by atoms with Crippen LogP contribution in [0.25, 0.3) is 0 Å². The molecule has 1 fully saturated rings. The molecule has 0 aromatic carbocycles. The number of carboxylic acids is 1. The number of hydrogen-bond acceptors (Lipinski definition) is 5. The minimum Gasteiger partial charge on any atom is -0.480 e. The minimum absolute atomic E-state index is 0.0679. The number of nitrogens with zero attached hydrogens (tertiary/aromatic N) is 1. The maximum atomic E-state index is 11.6. The highest BCUT2D eigenvalue weighted by atomic mass is 32.1. The number of ether oxygens (including phenoxy) is 1. The maximum absolute atomic E-state index is 11.6. The lowest BCUT2D eigenvalue weighted by molar-refractivity contribution is -0.145. The van der Waals surface area contributed by atoms with Crippen molar-refractivity contribution in [1.29, 1.82) is 0 Å². The van der Waals surface area contributed by atoms with Crippen LogP contribution in [0.1, 0.15) is 31.7 Å². The number of rotatable bonds is 4. The quantitative estimate of drug-likeness (QED) is 0.890. The first-order chi connectivity index (χ1) is 9.76. The van der Waals surface area contributed by atoms with E-state index in [2.05, 4.69) is 5.32 Å². The van der Waals surface area contributed by atoms with Gasteiger partial charge >= 0.3 is 12.1 Å². The van der Waals surface area contributed by atoms with Gasteiger partial charge in [-0.3, -0.25) is 9.69 Å². The average molecular weight is 312 g/mol. The third kappa shape index (κ3) is 4.18. The Labute approximate surface area is 127 Å². The number of amides is 1. The molecule has 0 unspecified atom stereocenters. The van der Waals surface area contributed by atoms with Crippen LogP contribution in [-0.4, -0.2) is 46.8 Å². The second-order valence-corrected chi connectivity index (χ2v) is 7.03. The van der Waals surface area contributed by atoms with E-state index in [0.717, 1.165) is 4.88 Å². The molecule has 1 saturated heterocycles. The Morgan fingerprint density at radius 3 is 2.62 bits per heavy atom. The summed E-state index contributed by atoms with van der Waals surface area (Å²) in [6, 6.07) is 2.95. The highest BCUT2D eigenvalue weighted by Gasteiger charge is 2.38. The first-order valence-electron chi connectivity index (χ1n) is 6.76. The zero-order valence-corrected chi connectivity index (χ0v) is 13.1. The van der Waals surface area contributed by atoms with Crippen molar-refractivity contribution in [2.24, 2.45) is 0 Å². The van der Waals surface area contributed by atoms with Gasteiger partial charge in [-0.1, -0.05) is 6.07 Å². The molecule has 0 spiro atoms. The molecule has 2 heterocycles. The summed E-state index contributed by atoms with van der Waals surface area (Å²) in [6.45, 7) is 6.42. The zero-order chi connectivity index (χ0) is 15.6. The molecule has 0 saturated carbocycles. The van der Waals surface area contributed by atoms with Crippen molar-refractivity contribution in [3.8, 4) is 0 Å². The molecule has 116 valence electrons. The van der Waals surface area contributed by atoms with Gasteiger partial charge in [-0.25, -0.2) is 4.79 Å². The normalized spacial score (nSPS) is 17.9. The van der Waals surface area contributed by atoms with Gasteiger partial charge in [0.2, 0.25) is 0 Å². The largest absolute Gasteiger partial charge is 0.480 e. The van der Waals surface area contributed by atoms with Gasteiger partial charge in [-0.2, -0.15) is 0 Å². The predicted octanol–water partition coefficient (Wildman–Crippen LogP) is 2.08. The predicted molar refractivity (Wildman–Crippen MR) is 79.4 cm³/mol. The van der Waals surface area contributed by atoms with E-state index >= 15 is 0 Å². The van der Waals surface area contributed by atoms with Gasteiger partial charge in [-0.15, -0.1) is 11.3 Å². The molecule has 7 heteroatoms. The molecular formula is C14H20N2O4S. The lowest BCUT2D eigenvalue weighted by Crippen LogP contribution is -2.61. The molecule has 1 amide bonds. The van der Waals surface area contributed by atoms with Crippen LogP contribution in [0.2, 0.25) is 0 Å². The summed E-state index contributed by atoms with van der Waals surface area (Å²) in [5, 5.41) is 14.0. The molecule has 1 aliphatic rings. The van der Waals surface area contributed by atoms with Crippen LogP contribution in [0.4, 0.5) is 4.79 Å². The van der Waals surface area contributed by atoms with E-state index < -0.39 is 23.7 Å². The van der Waals surface area contributed by atoms with Gasteiger partial charge in [-0.05, 0) is 32.2 Å². The molecular weight excluding hydrogens is 292 g/mol. The number of carbonyl (C=O) groups excluding carboxylic acids is 1. The monoisotopic (exact) mass is 312 g/mol. The minimum atomic E-state index is -0.867. The van der Waals surface area contributed by atoms with Crippen molar-refractivity contribution in [3.05, 3.63) is 22.4 Å². The van der Waals surface area contributed by atoms with Gasteiger partial charge in [0, 0.05) is 18.0 Å². The molecule has 2 N–H and O–H groups in total. The number of aliphatic carboxylic acids is 1. The van der Waals surface area contributed by atoms with Gasteiger partial charge in [0.25, 0.3) is 0 Å². The number of nitrogens with one attached hydrogen (secondary N) is 1. The van der Waals surface area contributed by atoms with Crippen molar-refractivity contribution in [1.82, 2.24) is 10.2 Å². The first kappa shape index (κ1) is 15.8. The van der Waals surface area contributed by atoms with Gasteiger partial charge in [0.15, 0.2) is 0 Å². The van der Waals surface area contributed by atoms with Crippen molar-refractivity contribution >= 4 is 23.4 Å². The van der Waals surface area contributed by atoms with Crippen molar-refractivity contribution in [3.63, 3.8) is 0 Å². The number of carboxylic acid groups (broad SMARTS) is 1. The van der Waals surface area contributed by atoms with Crippen LogP contribution in [0, 0.1) is 0 Å². The van der Waals surface area contributed by atoms with E-state index in [1.807, 2.05) is 22.4 Å². The van der Waals surface area contributed by atoms with E-state index in [4.69, 9.17) is 4.74 Å². The topological polar surface area (TPSA) is 78.9 Å². The summed E-state index contributed by atoms with van der Waals surface area (Å²) in [7, 11) is 0. The molecule has 1 atom stereocenters. The Morgan fingerprint density at radius 2 is 2.14 bits per heavy atom. The van der Waals surface area contributed by atoms with Crippen LogP contribution in [0.3, 0.4) is 0 Å². The molecule has 21 heavy (non-hydrogen) atoms. The van der Waals surface area contributed by atoms with E-state index in [-0.39, 0.29) is 6.04 Å². The molecule has 1 aliphatic heterocycles. The lowest BCUT2D eigenvalue weighted by Gasteiger charge is -2.42. The van der Waals surface area contributed by atoms with Crippen molar-refractivity contribution in [2.45, 2.75) is 38.5 Å². The summed E-state index contributed by atoms with van der Waals surface area (Å²) in [6.07, 6.45) is -0.463. The molecule has 6 nitrogen and oxygen atoms in total. The number of alkyl carbamates (subject to hydrolysis) is 1. The smallest absolute Gasteiger partial charge is 0.407 e. The fourth-order valence-electron chi connectivity index (χ4n) is 2.19. The molecule has 1 aromatic rings. The van der Waals surface area contributed by atoms with Crippen LogP contribution >= 0.6 is 11.3 Å². The summed E-state index contributed by atoms with van der Waals surface area (Å²) in [5.74, 6) is -0.867. The fourth-order valence-corrected chi connectivity index (χ4v) is 3.04. The third-order valence-corrected chi connectivity index (χ3v) is 3.97. The van der Waals surface area contributed by atoms with Crippen molar-refractivity contribution < 1.29 is 19.4 Å². The van der Waals surface area contributed by atoms with Crippen LogP contribution < -0.4 is 5.32 Å². The molecule has 0 radical (unpaired) electrons. The Hall–Kier alpha value is -1.60. The first-order valence-corrected chi connectivity index (χ1v) is 7.64. The summed E-state index contributed by atoms with van der Waals surface area (Å²) in [5.41, 5.74) is -0.534. The van der Waals surface area contributed by atoms with Crippen molar-refractivity contribution in [2.75, 3.05) is 13.1 Å². The maximum Gasteiger partial charge on any atom is 0.407 e. The van der Waals surface area contributed by atoms with E-state index in [1.165, 1.54) is 11.3 Å². The average Bonchev–Trinajstić information content (AvgIpc) is 2.76. The van der Waals surface area contributed by atoms with Crippen LogP contribution in [0.15, 0.2) is 17.5 Å². The van der Waals surface area contributed by atoms with E-state index in [0.29, 0.717) is 13.1 Å². The third-order valence-electron chi connectivity index (χ3n) is 3.04. The molecule has 0 aliphatic carbocycles. The Kier molecular flexibility index (Phi) is 4.53. The number of thiophene rings is 1. The SMILES string of the molecule is CC(C)(C)OC(=O)NC1CN([C@H](C(=O)O)c2cccs2)C1. The molecule has 1 aromatic heterocycles. The zero-order valence-electron chi connectivity index (χ0n) is 12.3. The summed E-state index contributed by atoms with van der Waals surface area (Å²) in [4.78, 5) is 25.7. The second-order valence-electron chi connectivity index (χ2n) is 6.05. The van der Waals surface area contributed by atoms with Gasteiger partial charge in [0.1, 0.15) is 11.6 Å². The van der Waals surface area contributed by atoms with Gasteiger partial charge < -0.3 is 15.2 Å². The fraction of sp³-hybridized carbons (Fsp3) is 0.571. The molecule has 2 rings (SSSR count). The Bertz CT molecular complexity index is 504. The van der Waals surface area contributed by atoms with E-state index in [9.17, 15) is 14.7 Å². The highest BCUT2D eigenvalue weighted by molar-refractivity contribution is 7.10. The standard InChI is InChI=1S/C14H20N2O4S/c1-14(2,3)20-13(19)15-9-7-16(8-9)11(12(17)18)10-5-4-6-21-10/h4-6,9,11H,7-8H2,1-3H3,(H,15,19)(H,17,18)/t11-/m0/s1. The number of likely N-dealkylation sites (tertiary alicyclic amines) is 1. The molecule has 0 bridgehead atoms. The summed E-state index contributed by atoms with van der Waals surface area (Å²) < 4.78 is 5.18. The second kappa shape index (κ2) is 6.03. The lowest BCUT2D eigenvalue weighted by atomic mass is 10.0. The summed E-state index contributed by atoms with van der Waals surface area (Å²) >= 11 is 1.43. The Balaban J connectivity index is 1.85. The van der Waals surface area contributed by atoms with Crippen LogP contribution in [-0.2, 0) is 9.53 Å². The number of carbonyl (C=O) groups is 2. The van der Waals surface area contributed by atoms with Gasteiger partial charge in [0.05, 0.1) is 6.04 Å². The Morgan fingerprint density at radius 1 is 1.48 bits per heavy atom. The van der Waals surface area contributed by atoms with Crippen LogP contribution in [0.5, 0.6) is 0 Å². The number of hydrogen-bond donors (Lipinski definition) is 2. The highest BCUT2D eigenvalue weighted by Crippen LogP contribution is 2.29. The van der Waals surface area contributed by atoms with E-state index in [1.54, 1.807) is 20.8 Å².